The van der Waals surface area contributed by atoms with E-state index in [1.807, 2.05) is 30.3 Å². The highest BCUT2D eigenvalue weighted by atomic mass is 32.1. The monoisotopic (exact) mass is 413 g/mol. The molecule has 0 saturated heterocycles. The maximum Gasteiger partial charge on any atom is 0.262 e. The largest absolute Gasteiger partial charge is 0.296 e. The van der Waals surface area contributed by atoms with Gasteiger partial charge in [-0.25, -0.2) is 4.98 Å². The molecule has 4 nitrogen and oxygen atoms in total. The van der Waals surface area contributed by atoms with Crippen LogP contribution in [0.4, 0.5) is 0 Å². The number of fused-ring (bicyclic) bond motifs is 1. The first-order valence-corrected chi connectivity index (χ1v) is 10.9. The molecule has 0 bridgehead atoms. The molecular formula is C25H23N3OS. The number of nitriles is 1. The van der Waals surface area contributed by atoms with Crippen molar-refractivity contribution in [2.24, 2.45) is 0 Å². The number of nitrogens with zero attached hydrogens (tertiary/aromatic N) is 3. The van der Waals surface area contributed by atoms with E-state index in [0.717, 1.165) is 32.2 Å². The van der Waals surface area contributed by atoms with E-state index >= 15 is 0 Å². The minimum absolute atomic E-state index is 0.0104. The van der Waals surface area contributed by atoms with Crippen LogP contribution in [0.15, 0.2) is 59.4 Å². The second-order valence-corrected chi connectivity index (χ2v) is 8.69. The Hall–Kier alpha value is -3.23. The van der Waals surface area contributed by atoms with Gasteiger partial charge in [0.1, 0.15) is 10.7 Å². The predicted octanol–water partition coefficient (Wildman–Crippen LogP) is 5.64. The smallest absolute Gasteiger partial charge is 0.262 e. The van der Waals surface area contributed by atoms with Gasteiger partial charge in [0.25, 0.3) is 5.56 Å². The van der Waals surface area contributed by atoms with E-state index < -0.39 is 0 Å². The lowest BCUT2D eigenvalue weighted by molar-refractivity contribution is 0.598. The second kappa shape index (κ2) is 8.64. The fraction of sp³-hybridized carbons (Fsp3) is 0.240. The SMILES string of the molecule is Cc1ccc(-c2c(C)sc3nc(Cc4ccccc4)n(CCCC#N)c(=O)c23)cc1. The molecule has 0 spiro atoms. The summed E-state index contributed by atoms with van der Waals surface area (Å²) in [7, 11) is 0. The molecule has 150 valence electrons. The first kappa shape index (κ1) is 20.1. The number of rotatable bonds is 6. The molecule has 0 N–H and O–H groups in total. The Morgan fingerprint density at radius 2 is 1.80 bits per heavy atom. The summed E-state index contributed by atoms with van der Waals surface area (Å²) in [4.78, 5) is 20.5. The van der Waals surface area contributed by atoms with E-state index in [0.29, 0.717) is 31.2 Å². The standard InChI is InChI=1S/C25H23N3OS/c1-17-10-12-20(13-11-17)22-18(2)30-24-23(22)25(29)28(15-7-6-14-26)21(27-24)16-19-8-4-3-5-9-19/h3-5,8-13H,6-7,15-16H2,1-2H3. The fourth-order valence-electron chi connectivity index (χ4n) is 3.76. The average Bonchev–Trinajstić information content (AvgIpc) is 3.08. The summed E-state index contributed by atoms with van der Waals surface area (Å²) in [6.07, 6.45) is 1.65. The lowest BCUT2D eigenvalue weighted by Crippen LogP contribution is -2.25. The molecule has 0 amide bonds. The molecule has 0 fully saturated rings. The molecular weight excluding hydrogens is 390 g/mol. The van der Waals surface area contributed by atoms with Crippen LogP contribution in [0.5, 0.6) is 0 Å². The third kappa shape index (κ3) is 3.92. The summed E-state index contributed by atoms with van der Waals surface area (Å²) in [6.45, 7) is 4.61. The predicted molar refractivity (Wildman–Crippen MR) is 123 cm³/mol. The molecule has 4 rings (SSSR count). The van der Waals surface area contributed by atoms with Gasteiger partial charge in [0, 0.05) is 29.8 Å². The quantitative estimate of drug-likeness (QED) is 0.385. The average molecular weight is 414 g/mol. The Morgan fingerprint density at radius 1 is 1.07 bits per heavy atom. The first-order valence-electron chi connectivity index (χ1n) is 10.1. The second-order valence-electron chi connectivity index (χ2n) is 7.49. The summed E-state index contributed by atoms with van der Waals surface area (Å²) in [5.74, 6) is 0.758. The van der Waals surface area contributed by atoms with E-state index in [-0.39, 0.29) is 5.56 Å². The number of hydrogen-bond donors (Lipinski definition) is 0. The zero-order chi connectivity index (χ0) is 21.1. The number of aryl methyl sites for hydroxylation is 2. The summed E-state index contributed by atoms with van der Waals surface area (Å²) in [5, 5.41) is 9.65. The lowest BCUT2D eigenvalue weighted by atomic mass is 10.0. The third-order valence-corrected chi connectivity index (χ3v) is 6.28. The number of unbranched alkanes of at least 4 members (excludes halogenated alkanes) is 1. The molecule has 4 aromatic rings. The van der Waals surface area contributed by atoms with Gasteiger partial charge in [-0.15, -0.1) is 11.3 Å². The van der Waals surface area contributed by atoms with Gasteiger partial charge in [0.2, 0.25) is 0 Å². The van der Waals surface area contributed by atoms with Crippen molar-refractivity contribution < 1.29 is 0 Å². The topological polar surface area (TPSA) is 58.7 Å². The Kier molecular flexibility index (Phi) is 5.78. The Morgan fingerprint density at radius 3 is 2.50 bits per heavy atom. The van der Waals surface area contributed by atoms with Crippen LogP contribution in [-0.4, -0.2) is 9.55 Å². The van der Waals surface area contributed by atoms with E-state index in [2.05, 4.69) is 44.2 Å². The maximum atomic E-state index is 13.7. The molecule has 0 radical (unpaired) electrons. The normalized spacial score (nSPS) is 11.0. The molecule has 0 aliphatic carbocycles. The Bertz CT molecular complexity index is 1280. The van der Waals surface area contributed by atoms with Crippen molar-refractivity contribution in [2.75, 3.05) is 0 Å². The molecule has 2 aromatic heterocycles. The van der Waals surface area contributed by atoms with Crippen molar-refractivity contribution in [2.45, 2.75) is 39.7 Å². The maximum absolute atomic E-state index is 13.7. The van der Waals surface area contributed by atoms with Crippen LogP contribution in [-0.2, 0) is 13.0 Å². The third-order valence-electron chi connectivity index (χ3n) is 5.28. The van der Waals surface area contributed by atoms with E-state index in [4.69, 9.17) is 10.2 Å². The van der Waals surface area contributed by atoms with Gasteiger partial charge >= 0.3 is 0 Å². The van der Waals surface area contributed by atoms with Gasteiger partial charge in [-0.05, 0) is 31.4 Å². The van der Waals surface area contributed by atoms with E-state index in [1.54, 1.807) is 15.9 Å². The Balaban J connectivity index is 1.90. The molecule has 0 saturated carbocycles. The zero-order valence-corrected chi connectivity index (χ0v) is 18.0. The molecule has 0 aliphatic rings. The van der Waals surface area contributed by atoms with Crippen LogP contribution in [0, 0.1) is 25.2 Å². The van der Waals surface area contributed by atoms with Crippen molar-refractivity contribution in [1.29, 1.82) is 5.26 Å². The summed E-state index contributed by atoms with van der Waals surface area (Å²) < 4.78 is 1.77. The van der Waals surface area contributed by atoms with Gasteiger partial charge in [-0.2, -0.15) is 5.26 Å². The van der Waals surface area contributed by atoms with Crippen molar-refractivity contribution in [3.05, 3.63) is 86.8 Å². The minimum atomic E-state index is -0.0104. The molecule has 0 aliphatic heterocycles. The number of hydrogen-bond acceptors (Lipinski definition) is 4. The molecule has 2 aromatic carbocycles. The van der Waals surface area contributed by atoms with Gasteiger partial charge in [-0.1, -0.05) is 60.2 Å². The van der Waals surface area contributed by atoms with Gasteiger partial charge < -0.3 is 0 Å². The van der Waals surface area contributed by atoms with Crippen molar-refractivity contribution in [1.82, 2.24) is 9.55 Å². The Labute approximate surface area is 180 Å². The first-order chi connectivity index (χ1) is 14.6. The fourth-order valence-corrected chi connectivity index (χ4v) is 4.82. The summed E-state index contributed by atoms with van der Waals surface area (Å²) in [5.41, 5.74) is 4.32. The highest BCUT2D eigenvalue weighted by Gasteiger charge is 2.19. The van der Waals surface area contributed by atoms with Crippen LogP contribution >= 0.6 is 11.3 Å². The summed E-state index contributed by atoms with van der Waals surface area (Å²) >= 11 is 1.58. The van der Waals surface area contributed by atoms with Crippen LogP contribution in [0.1, 0.15) is 34.7 Å². The molecule has 2 heterocycles. The molecule has 30 heavy (non-hydrogen) atoms. The van der Waals surface area contributed by atoms with Gasteiger partial charge in [0.05, 0.1) is 11.5 Å². The molecule has 0 unspecified atom stereocenters. The van der Waals surface area contributed by atoms with E-state index in [1.165, 1.54) is 5.56 Å². The molecule has 0 atom stereocenters. The van der Waals surface area contributed by atoms with Crippen LogP contribution in [0.25, 0.3) is 21.3 Å². The van der Waals surface area contributed by atoms with Crippen LogP contribution in [0.3, 0.4) is 0 Å². The van der Waals surface area contributed by atoms with Gasteiger partial charge in [-0.3, -0.25) is 9.36 Å². The van der Waals surface area contributed by atoms with Crippen LogP contribution < -0.4 is 5.56 Å². The van der Waals surface area contributed by atoms with Crippen molar-refractivity contribution in [3.8, 4) is 17.2 Å². The highest BCUT2D eigenvalue weighted by molar-refractivity contribution is 7.19. The van der Waals surface area contributed by atoms with E-state index in [9.17, 15) is 4.79 Å². The summed E-state index contributed by atoms with van der Waals surface area (Å²) in [6, 6.07) is 20.5. The minimum Gasteiger partial charge on any atom is -0.296 e. The highest BCUT2D eigenvalue weighted by Crippen LogP contribution is 2.36. The number of benzene rings is 2. The molecule has 5 heteroatoms. The lowest BCUT2D eigenvalue weighted by Gasteiger charge is -2.13. The number of aromatic nitrogens is 2. The number of thiophene rings is 1. The zero-order valence-electron chi connectivity index (χ0n) is 17.2. The van der Waals surface area contributed by atoms with Gasteiger partial charge in [0.15, 0.2) is 0 Å². The van der Waals surface area contributed by atoms with Crippen LogP contribution in [0.2, 0.25) is 0 Å². The van der Waals surface area contributed by atoms with Crippen molar-refractivity contribution >= 4 is 21.6 Å². The van der Waals surface area contributed by atoms with Crippen molar-refractivity contribution in [3.63, 3.8) is 0 Å².